The Morgan fingerprint density at radius 1 is 1.22 bits per heavy atom. The highest BCUT2D eigenvalue weighted by Gasteiger charge is 2.04. The average Bonchev–Trinajstić information content (AvgIpc) is 2.56. The van der Waals surface area contributed by atoms with Gasteiger partial charge in [0.15, 0.2) is 5.96 Å². The Bertz CT molecular complexity index is 462. The highest BCUT2D eigenvalue weighted by molar-refractivity contribution is 5.79. The van der Waals surface area contributed by atoms with Crippen molar-refractivity contribution in [3.63, 3.8) is 0 Å². The SMILES string of the molecule is CCOCCCNC(=NC)NCCN(CC)c1cccc(C)c1. The molecule has 0 fully saturated rings. The first-order chi connectivity index (χ1) is 11.2. The fraction of sp³-hybridized carbons (Fsp3) is 0.611. The van der Waals surface area contributed by atoms with E-state index in [4.69, 9.17) is 4.74 Å². The lowest BCUT2D eigenvalue weighted by Gasteiger charge is -2.24. The van der Waals surface area contributed by atoms with E-state index in [-0.39, 0.29) is 0 Å². The molecule has 0 heterocycles. The van der Waals surface area contributed by atoms with Crippen molar-refractivity contribution in [1.82, 2.24) is 10.6 Å². The van der Waals surface area contributed by atoms with E-state index in [1.165, 1.54) is 11.3 Å². The van der Waals surface area contributed by atoms with Gasteiger partial charge < -0.3 is 20.3 Å². The van der Waals surface area contributed by atoms with Crippen molar-refractivity contribution in [3.05, 3.63) is 29.8 Å². The third-order valence-electron chi connectivity index (χ3n) is 3.61. The lowest BCUT2D eigenvalue weighted by molar-refractivity contribution is 0.145. The Balaban J connectivity index is 2.32. The summed E-state index contributed by atoms with van der Waals surface area (Å²) < 4.78 is 5.33. The molecule has 0 spiro atoms. The molecule has 0 saturated carbocycles. The number of ether oxygens (including phenoxy) is 1. The molecule has 0 aliphatic rings. The molecule has 1 aromatic rings. The second kappa shape index (κ2) is 11.8. The molecule has 0 aliphatic carbocycles. The van der Waals surface area contributed by atoms with Gasteiger partial charge in [0, 0.05) is 52.1 Å². The monoisotopic (exact) mass is 320 g/mol. The first-order valence-electron chi connectivity index (χ1n) is 8.55. The number of hydrogen-bond acceptors (Lipinski definition) is 3. The molecule has 5 heteroatoms. The van der Waals surface area contributed by atoms with Crippen LogP contribution >= 0.6 is 0 Å². The van der Waals surface area contributed by atoms with E-state index in [0.717, 1.165) is 51.8 Å². The van der Waals surface area contributed by atoms with Crippen molar-refractivity contribution in [2.75, 3.05) is 51.3 Å². The number of aliphatic imine (C=N–C) groups is 1. The molecule has 0 radical (unpaired) electrons. The first-order valence-corrected chi connectivity index (χ1v) is 8.55. The van der Waals surface area contributed by atoms with Crippen LogP contribution in [0.5, 0.6) is 0 Å². The van der Waals surface area contributed by atoms with Crippen LogP contribution in [0.2, 0.25) is 0 Å². The van der Waals surface area contributed by atoms with Crippen molar-refractivity contribution in [3.8, 4) is 0 Å². The van der Waals surface area contributed by atoms with Gasteiger partial charge in [-0.1, -0.05) is 12.1 Å². The van der Waals surface area contributed by atoms with Gasteiger partial charge in [0.25, 0.3) is 0 Å². The zero-order chi connectivity index (χ0) is 16.9. The summed E-state index contributed by atoms with van der Waals surface area (Å²) in [6.07, 6.45) is 0.985. The number of aryl methyl sites for hydroxylation is 1. The summed E-state index contributed by atoms with van der Waals surface area (Å²) in [5.74, 6) is 0.849. The molecule has 1 aromatic carbocycles. The summed E-state index contributed by atoms with van der Waals surface area (Å²) in [6.45, 7) is 11.6. The fourth-order valence-electron chi connectivity index (χ4n) is 2.35. The Hall–Kier alpha value is -1.75. The fourth-order valence-corrected chi connectivity index (χ4v) is 2.35. The maximum atomic E-state index is 5.33. The Morgan fingerprint density at radius 3 is 2.65 bits per heavy atom. The molecule has 0 aromatic heterocycles. The second-order valence-electron chi connectivity index (χ2n) is 5.39. The van der Waals surface area contributed by atoms with Crippen molar-refractivity contribution in [2.24, 2.45) is 4.99 Å². The number of benzene rings is 1. The van der Waals surface area contributed by atoms with Crippen molar-refractivity contribution in [2.45, 2.75) is 27.2 Å². The van der Waals surface area contributed by atoms with Gasteiger partial charge in [-0.25, -0.2) is 0 Å². The maximum Gasteiger partial charge on any atom is 0.191 e. The zero-order valence-corrected chi connectivity index (χ0v) is 15.1. The minimum atomic E-state index is 0.777. The van der Waals surface area contributed by atoms with E-state index in [0.29, 0.717) is 0 Å². The maximum absolute atomic E-state index is 5.33. The number of nitrogens with zero attached hydrogens (tertiary/aromatic N) is 2. The summed E-state index contributed by atoms with van der Waals surface area (Å²) in [5.41, 5.74) is 2.56. The predicted octanol–water partition coefficient (Wildman–Crippen LogP) is 2.41. The Kier molecular flexibility index (Phi) is 9.87. The van der Waals surface area contributed by atoms with Crippen LogP contribution in [0.1, 0.15) is 25.8 Å². The van der Waals surface area contributed by atoms with Gasteiger partial charge in [0.2, 0.25) is 0 Å². The zero-order valence-electron chi connectivity index (χ0n) is 15.1. The van der Waals surface area contributed by atoms with Crippen molar-refractivity contribution < 1.29 is 4.74 Å². The van der Waals surface area contributed by atoms with Crippen LogP contribution in [-0.4, -0.2) is 52.4 Å². The molecule has 0 unspecified atom stereocenters. The largest absolute Gasteiger partial charge is 0.382 e. The minimum Gasteiger partial charge on any atom is -0.382 e. The lowest BCUT2D eigenvalue weighted by Crippen LogP contribution is -2.42. The van der Waals surface area contributed by atoms with Crippen molar-refractivity contribution in [1.29, 1.82) is 0 Å². The summed E-state index contributed by atoms with van der Waals surface area (Å²) in [6, 6.07) is 8.63. The smallest absolute Gasteiger partial charge is 0.191 e. The Morgan fingerprint density at radius 2 is 2.00 bits per heavy atom. The van der Waals surface area contributed by atoms with E-state index in [9.17, 15) is 0 Å². The van der Waals surface area contributed by atoms with Crippen LogP contribution in [-0.2, 0) is 4.74 Å². The van der Waals surface area contributed by atoms with Gasteiger partial charge in [-0.3, -0.25) is 4.99 Å². The van der Waals surface area contributed by atoms with Crippen LogP contribution in [0.4, 0.5) is 5.69 Å². The van der Waals surface area contributed by atoms with Crippen LogP contribution in [0, 0.1) is 6.92 Å². The van der Waals surface area contributed by atoms with E-state index in [2.05, 4.69) is 58.6 Å². The van der Waals surface area contributed by atoms with E-state index in [1.54, 1.807) is 7.05 Å². The van der Waals surface area contributed by atoms with Crippen molar-refractivity contribution >= 4 is 11.6 Å². The number of guanidine groups is 1. The van der Waals surface area contributed by atoms with Crippen LogP contribution in [0.15, 0.2) is 29.3 Å². The van der Waals surface area contributed by atoms with Gasteiger partial charge in [-0.15, -0.1) is 0 Å². The summed E-state index contributed by atoms with van der Waals surface area (Å²) >= 11 is 0. The van der Waals surface area contributed by atoms with Gasteiger partial charge in [-0.2, -0.15) is 0 Å². The first kappa shape index (κ1) is 19.3. The summed E-state index contributed by atoms with van der Waals surface area (Å²) in [7, 11) is 1.80. The molecule has 5 nitrogen and oxygen atoms in total. The molecular weight excluding hydrogens is 288 g/mol. The molecule has 23 heavy (non-hydrogen) atoms. The summed E-state index contributed by atoms with van der Waals surface area (Å²) in [4.78, 5) is 6.61. The van der Waals surface area contributed by atoms with Crippen LogP contribution in [0.3, 0.4) is 0 Å². The normalized spacial score (nSPS) is 11.4. The Labute approximate surface area is 141 Å². The standard InChI is InChI=1S/C18H32N4O/c1-5-22(17-10-7-9-16(3)15-17)13-12-21-18(19-4)20-11-8-14-23-6-2/h7,9-10,15H,5-6,8,11-14H2,1-4H3,(H2,19,20,21). The number of likely N-dealkylation sites (N-methyl/N-ethyl adjacent to an activating group) is 1. The van der Waals surface area contributed by atoms with E-state index < -0.39 is 0 Å². The molecule has 1 rings (SSSR count). The summed E-state index contributed by atoms with van der Waals surface area (Å²) in [5, 5.41) is 6.68. The number of nitrogens with one attached hydrogen (secondary N) is 2. The highest BCUT2D eigenvalue weighted by atomic mass is 16.5. The molecule has 0 bridgehead atoms. The molecule has 130 valence electrons. The van der Waals surface area contributed by atoms with Gasteiger partial charge in [0.05, 0.1) is 0 Å². The second-order valence-corrected chi connectivity index (χ2v) is 5.39. The predicted molar refractivity (Wildman–Crippen MR) is 99.5 cm³/mol. The topological polar surface area (TPSA) is 48.9 Å². The average molecular weight is 320 g/mol. The van der Waals surface area contributed by atoms with Gasteiger partial charge in [-0.05, 0) is 44.9 Å². The van der Waals surface area contributed by atoms with E-state index >= 15 is 0 Å². The highest BCUT2D eigenvalue weighted by Crippen LogP contribution is 2.14. The lowest BCUT2D eigenvalue weighted by atomic mass is 10.2. The van der Waals surface area contributed by atoms with E-state index in [1.807, 2.05) is 6.92 Å². The molecule has 0 saturated heterocycles. The van der Waals surface area contributed by atoms with Gasteiger partial charge in [0.1, 0.15) is 0 Å². The van der Waals surface area contributed by atoms with Gasteiger partial charge >= 0.3 is 0 Å². The third kappa shape index (κ3) is 7.88. The number of anilines is 1. The molecule has 0 atom stereocenters. The molecular formula is C18H32N4O. The molecule has 0 aliphatic heterocycles. The van der Waals surface area contributed by atoms with Crippen LogP contribution in [0.25, 0.3) is 0 Å². The minimum absolute atomic E-state index is 0.777. The third-order valence-corrected chi connectivity index (χ3v) is 3.61. The number of rotatable bonds is 10. The molecule has 2 N–H and O–H groups in total. The quantitative estimate of drug-likeness (QED) is 0.395. The molecule has 0 amide bonds. The van der Waals surface area contributed by atoms with Crippen LogP contribution < -0.4 is 15.5 Å². The number of hydrogen-bond donors (Lipinski definition) is 2.